The van der Waals surface area contributed by atoms with Crippen LogP contribution in [0.4, 0.5) is 10.1 Å². The van der Waals surface area contributed by atoms with Crippen molar-refractivity contribution in [1.82, 2.24) is 4.72 Å². The van der Waals surface area contributed by atoms with Crippen LogP contribution in [0.2, 0.25) is 0 Å². The predicted octanol–water partition coefficient (Wildman–Crippen LogP) is 3.30. The summed E-state index contributed by atoms with van der Waals surface area (Å²) in [6.45, 7) is 0. The van der Waals surface area contributed by atoms with Crippen molar-refractivity contribution in [2.24, 2.45) is 0 Å². The van der Waals surface area contributed by atoms with E-state index in [1.54, 1.807) is 6.07 Å². The molecule has 1 saturated carbocycles. The summed E-state index contributed by atoms with van der Waals surface area (Å²) in [4.78, 5) is 12.2. The topological polar surface area (TPSA) is 75.3 Å². The van der Waals surface area contributed by atoms with Crippen LogP contribution in [0.25, 0.3) is 0 Å². The van der Waals surface area contributed by atoms with Gasteiger partial charge in [0.2, 0.25) is 10.0 Å². The zero-order chi connectivity index (χ0) is 17.9. The number of carbonyl (C=O) groups excluding carboxylic acids is 1. The van der Waals surface area contributed by atoms with Crippen LogP contribution in [0.3, 0.4) is 0 Å². The number of nitrogens with one attached hydrogen (secondary N) is 2. The molecular weight excluding hydrogens is 343 g/mol. The number of rotatable bonds is 5. The first-order valence-electron chi connectivity index (χ1n) is 8.14. The summed E-state index contributed by atoms with van der Waals surface area (Å²) in [6, 6.07) is 11.5. The van der Waals surface area contributed by atoms with Crippen LogP contribution in [-0.4, -0.2) is 20.4 Å². The fourth-order valence-electron chi connectivity index (χ4n) is 2.89. The van der Waals surface area contributed by atoms with Crippen molar-refractivity contribution in [2.45, 2.75) is 36.6 Å². The molecule has 1 aliphatic rings. The van der Waals surface area contributed by atoms with E-state index in [9.17, 15) is 17.6 Å². The van der Waals surface area contributed by atoms with E-state index < -0.39 is 21.7 Å². The Morgan fingerprint density at radius 3 is 2.28 bits per heavy atom. The van der Waals surface area contributed by atoms with Crippen molar-refractivity contribution in [3.05, 3.63) is 59.9 Å². The summed E-state index contributed by atoms with van der Waals surface area (Å²) in [5.41, 5.74) is 0.329. The minimum atomic E-state index is -3.57. The van der Waals surface area contributed by atoms with Gasteiger partial charge in [-0.3, -0.25) is 4.79 Å². The van der Waals surface area contributed by atoms with E-state index >= 15 is 0 Å². The van der Waals surface area contributed by atoms with E-state index in [-0.39, 0.29) is 16.5 Å². The van der Waals surface area contributed by atoms with Crippen LogP contribution in [0.5, 0.6) is 0 Å². The Balaban J connectivity index is 1.69. The van der Waals surface area contributed by atoms with Gasteiger partial charge in [0.1, 0.15) is 5.82 Å². The highest BCUT2D eigenvalue weighted by atomic mass is 32.2. The molecule has 0 radical (unpaired) electrons. The second-order valence-electron chi connectivity index (χ2n) is 6.06. The van der Waals surface area contributed by atoms with E-state index in [0.717, 1.165) is 25.7 Å². The van der Waals surface area contributed by atoms with Crippen LogP contribution in [0.15, 0.2) is 53.4 Å². The number of halogens is 1. The highest BCUT2D eigenvalue weighted by molar-refractivity contribution is 7.89. The maximum absolute atomic E-state index is 13.6. The first kappa shape index (κ1) is 17.6. The summed E-state index contributed by atoms with van der Waals surface area (Å²) >= 11 is 0. The summed E-state index contributed by atoms with van der Waals surface area (Å²) < 4.78 is 41.0. The van der Waals surface area contributed by atoms with Crippen LogP contribution < -0.4 is 10.0 Å². The molecule has 0 saturated heterocycles. The van der Waals surface area contributed by atoms with Crippen LogP contribution in [-0.2, 0) is 10.0 Å². The lowest BCUT2D eigenvalue weighted by molar-refractivity contribution is 0.102. The molecule has 0 atom stereocenters. The Kier molecular flexibility index (Phi) is 5.15. The maximum atomic E-state index is 13.6. The Hall–Kier alpha value is -2.25. The lowest BCUT2D eigenvalue weighted by Gasteiger charge is -2.13. The van der Waals surface area contributed by atoms with Crippen molar-refractivity contribution in [3.63, 3.8) is 0 Å². The monoisotopic (exact) mass is 362 g/mol. The molecule has 0 bridgehead atoms. The number of benzene rings is 2. The molecule has 5 nitrogen and oxygen atoms in total. The predicted molar refractivity (Wildman–Crippen MR) is 93.4 cm³/mol. The molecule has 132 valence electrons. The first-order valence-corrected chi connectivity index (χ1v) is 9.62. The Morgan fingerprint density at radius 2 is 1.64 bits per heavy atom. The Bertz CT molecular complexity index is 860. The van der Waals surface area contributed by atoms with E-state index in [2.05, 4.69) is 10.0 Å². The quantitative estimate of drug-likeness (QED) is 0.857. The van der Waals surface area contributed by atoms with Gasteiger partial charge in [-0.25, -0.2) is 17.5 Å². The van der Waals surface area contributed by atoms with E-state index in [0.29, 0.717) is 5.69 Å². The fraction of sp³-hybridized carbons (Fsp3) is 0.278. The van der Waals surface area contributed by atoms with E-state index in [1.807, 2.05) is 0 Å². The second kappa shape index (κ2) is 7.33. The van der Waals surface area contributed by atoms with Gasteiger partial charge in [-0.2, -0.15) is 0 Å². The van der Waals surface area contributed by atoms with Gasteiger partial charge in [0.05, 0.1) is 10.5 Å². The Morgan fingerprint density at radius 1 is 1.00 bits per heavy atom. The number of hydrogen-bond donors (Lipinski definition) is 2. The number of carbonyl (C=O) groups is 1. The van der Waals surface area contributed by atoms with Crippen molar-refractivity contribution in [3.8, 4) is 0 Å². The zero-order valence-electron chi connectivity index (χ0n) is 13.5. The van der Waals surface area contributed by atoms with Crippen molar-refractivity contribution >= 4 is 21.6 Å². The molecule has 3 rings (SSSR count). The average molecular weight is 362 g/mol. The summed E-state index contributed by atoms with van der Waals surface area (Å²) in [6.07, 6.45) is 3.79. The lowest BCUT2D eigenvalue weighted by Crippen LogP contribution is -2.32. The number of amides is 1. The van der Waals surface area contributed by atoms with Gasteiger partial charge in [-0.1, -0.05) is 25.0 Å². The summed E-state index contributed by atoms with van der Waals surface area (Å²) in [5.74, 6) is -1.20. The molecule has 0 unspecified atom stereocenters. The third kappa shape index (κ3) is 4.24. The minimum absolute atomic E-state index is 0.00886. The smallest absolute Gasteiger partial charge is 0.258 e. The SMILES string of the molecule is O=C(Nc1ccc(S(=O)(=O)NC2CCCC2)cc1)c1ccccc1F. The molecular formula is C18H19FN2O3S. The van der Waals surface area contributed by atoms with Crippen LogP contribution in [0.1, 0.15) is 36.0 Å². The molecule has 25 heavy (non-hydrogen) atoms. The van der Waals surface area contributed by atoms with Gasteiger partial charge in [0.25, 0.3) is 5.91 Å². The number of anilines is 1. The lowest BCUT2D eigenvalue weighted by atomic mass is 10.2. The van der Waals surface area contributed by atoms with Crippen molar-refractivity contribution < 1.29 is 17.6 Å². The van der Waals surface area contributed by atoms with Gasteiger partial charge in [0, 0.05) is 11.7 Å². The fourth-order valence-corrected chi connectivity index (χ4v) is 4.20. The molecule has 0 heterocycles. The maximum Gasteiger partial charge on any atom is 0.258 e. The molecule has 1 aliphatic carbocycles. The summed E-state index contributed by atoms with van der Waals surface area (Å²) in [5, 5.41) is 2.56. The highest BCUT2D eigenvalue weighted by Gasteiger charge is 2.22. The van der Waals surface area contributed by atoms with Crippen molar-refractivity contribution in [2.75, 3.05) is 5.32 Å². The number of sulfonamides is 1. The molecule has 2 N–H and O–H groups in total. The number of hydrogen-bond acceptors (Lipinski definition) is 3. The normalized spacial score (nSPS) is 15.2. The highest BCUT2D eigenvalue weighted by Crippen LogP contribution is 2.21. The Labute approximate surface area is 146 Å². The molecule has 0 aromatic heterocycles. The molecule has 1 amide bonds. The molecule has 1 fully saturated rings. The molecule has 2 aromatic rings. The summed E-state index contributed by atoms with van der Waals surface area (Å²) in [7, 11) is -3.57. The van der Waals surface area contributed by atoms with E-state index in [4.69, 9.17) is 0 Å². The van der Waals surface area contributed by atoms with Crippen molar-refractivity contribution in [1.29, 1.82) is 0 Å². The van der Waals surface area contributed by atoms with E-state index in [1.165, 1.54) is 42.5 Å². The standard InChI is InChI=1S/C18H19FN2O3S/c19-17-8-4-3-7-16(17)18(22)20-13-9-11-15(12-10-13)25(23,24)21-14-5-1-2-6-14/h3-4,7-12,14,21H,1-2,5-6H2,(H,20,22). The third-order valence-corrected chi connectivity index (χ3v) is 5.75. The molecule has 2 aromatic carbocycles. The molecule has 0 aliphatic heterocycles. The zero-order valence-corrected chi connectivity index (χ0v) is 14.4. The molecule has 7 heteroatoms. The third-order valence-electron chi connectivity index (χ3n) is 4.22. The molecule has 0 spiro atoms. The first-order chi connectivity index (χ1) is 12.0. The largest absolute Gasteiger partial charge is 0.322 e. The average Bonchev–Trinajstić information content (AvgIpc) is 3.08. The van der Waals surface area contributed by atoms with Gasteiger partial charge in [-0.05, 0) is 49.2 Å². The van der Waals surface area contributed by atoms with Gasteiger partial charge < -0.3 is 5.32 Å². The minimum Gasteiger partial charge on any atom is -0.322 e. The second-order valence-corrected chi connectivity index (χ2v) is 7.77. The van der Waals surface area contributed by atoms with Crippen LogP contribution >= 0.6 is 0 Å². The van der Waals surface area contributed by atoms with Gasteiger partial charge >= 0.3 is 0 Å². The van der Waals surface area contributed by atoms with Gasteiger partial charge in [0.15, 0.2) is 0 Å². The van der Waals surface area contributed by atoms with Gasteiger partial charge in [-0.15, -0.1) is 0 Å². The van der Waals surface area contributed by atoms with Crippen LogP contribution in [0, 0.1) is 5.82 Å².